The molecular formula is C30H36N4O6. The molecule has 7 atom stereocenters. The van der Waals surface area contributed by atoms with Crippen LogP contribution in [0.2, 0.25) is 0 Å². The van der Waals surface area contributed by atoms with Crippen LogP contribution in [0, 0.1) is 16.7 Å². The van der Waals surface area contributed by atoms with Crippen molar-refractivity contribution in [3.05, 3.63) is 62.4 Å². The minimum Gasteiger partial charge on any atom is -0.387 e. The minimum atomic E-state index is -1.36. The fourth-order valence-corrected chi connectivity index (χ4v) is 9.09. The van der Waals surface area contributed by atoms with Gasteiger partial charge in [0, 0.05) is 23.4 Å². The molecule has 0 saturated heterocycles. The fraction of sp³-hybridized carbons (Fsp3) is 0.600. The smallest absolute Gasteiger partial charge is 0.347 e. The van der Waals surface area contributed by atoms with Crippen molar-refractivity contribution in [3.63, 3.8) is 0 Å². The molecule has 3 fully saturated rings. The van der Waals surface area contributed by atoms with Crippen LogP contribution in [-0.4, -0.2) is 59.5 Å². The van der Waals surface area contributed by atoms with Crippen LogP contribution >= 0.6 is 0 Å². The number of para-hydroxylation sites is 1. The Morgan fingerprint density at radius 2 is 1.85 bits per heavy atom. The predicted molar refractivity (Wildman–Crippen MR) is 147 cm³/mol. The van der Waals surface area contributed by atoms with E-state index in [2.05, 4.69) is 18.9 Å². The summed E-state index contributed by atoms with van der Waals surface area (Å²) in [6.45, 7) is 7.35. The summed E-state index contributed by atoms with van der Waals surface area (Å²) in [5.41, 5.74) is -3.08. The number of ether oxygens (including phenoxy) is 1. The number of aromatic nitrogens is 3. The van der Waals surface area contributed by atoms with E-state index in [1.54, 1.807) is 13.8 Å². The first-order chi connectivity index (χ1) is 18.7. The maximum Gasteiger partial charge on any atom is 0.347 e. The van der Waals surface area contributed by atoms with Crippen LogP contribution in [0.25, 0.3) is 0 Å². The second-order valence-corrected chi connectivity index (χ2v) is 13.5. The van der Waals surface area contributed by atoms with Crippen molar-refractivity contribution < 1.29 is 19.7 Å². The summed E-state index contributed by atoms with van der Waals surface area (Å²) < 4.78 is 8.72. The number of H-pyrrole nitrogens is 1. The molecule has 2 unspecified atom stereocenters. The Bertz CT molecular complexity index is 1660. The minimum absolute atomic E-state index is 0.0574. The third-order valence-corrected chi connectivity index (χ3v) is 11.3. The molecule has 7 rings (SSSR count). The van der Waals surface area contributed by atoms with Gasteiger partial charge in [-0.3, -0.25) is 9.79 Å². The largest absolute Gasteiger partial charge is 0.387 e. The topological polar surface area (TPSA) is 139 Å². The lowest BCUT2D eigenvalue weighted by Crippen LogP contribution is -2.68. The lowest BCUT2D eigenvalue weighted by Gasteiger charge is -2.64. The number of carbonyl (C=O) groups is 1. The van der Waals surface area contributed by atoms with Crippen LogP contribution in [0.5, 0.6) is 0 Å². The SMILES string of the molecule is Cn1c(=O)[nH]n(C23C[C@@H]4CC[C@@]5(O)C6=CC(=O)[C@@H](C(C)(C)O)OC6CC[C@]5(C)[C@@]4(C)C2=Nc2ccccc23)c1=O. The zero-order valence-electron chi connectivity index (χ0n) is 23.5. The van der Waals surface area contributed by atoms with Crippen LogP contribution in [-0.2, 0) is 22.1 Å². The number of fused-ring (bicyclic) bond motifs is 9. The van der Waals surface area contributed by atoms with Crippen LogP contribution in [0.1, 0.15) is 65.4 Å². The Kier molecular flexibility index (Phi) is 4.91. The third-order valence-electron chi connectivity index (χ3n) is 11.3. The molecule has 0 radical (unpaired) electrons. The lowest BCUT2D eigenvalue weighted by molar-refractivity contribution is -0.198. The van der Waals surface area contributed by atoms with Crippen molar-refractivity contribution in [2.45, 2.75) is 88.7 Å². The molecule has 0 spiro atoms. The number of carbonyl (C=O) groups excluding carboxylic acids is 1. The van der Waals surface area contributed by atoms with Gasteiger partial charge in [-0.05, 0) is 69.6 Å². The number of ketones is 1. The summed E-state index contributed by atoms with van der Waals surface area (Å²) in [4.78, 5) is 44.6. The standard InChI is InChI=1S/C30H36N4O6/c1-26(2,38)22-20(35)14-18-21(40-22)11-12-27(3)28(4)16(10-13-30(18,27)39)15-29(34-25(37)33(5)24(36)32-34)17-8-6-7-9-19(17)31-23(28)29/h6-9,14,16,21-22,38-39H,10-13,15H2,1-5H3,(H,32,36)/t16-,21?,22-,27+,28+,29?,30+/m0/s1. The maximum absolute atomic E-state index is 13.5. The highest BCUT2D eigenvalue weighted by Crippen LogP contribution is 2.73. The Balaban J connectivity index is 1.43. The van der Waals surface area contributed by atoms with Gasteiger partial charge in [0.2, 0.25) is 0 Å². The zero-order valence-corrected chi connectivity index (χ0v) is 23.5. The Morgan fingerprint density at radius 3 is 2.52 bits per heavy atom. The molecule has 3 heterocycles. The normalized spacial score (nSPS) is 40.0. The number of aliphatic imine (C=N–C) groups is 1. The summed E-state index contributed by atoms with van der Waals surface area (Å²) in [6, 6.07) is 7.73. The van der Waals surface area contributed by atoms with E-state index in [1.807, 2.05) is 24.3 Å². The lowest BCUT2D eigenvalue weighted by atomic mass is 9.42. The average Bonchev–Trinajstić information content (AvgIpc) is 3.46. The number of rotatable bonds is 2. The van der Waals surface area contributed by atoms with Gasteiger partial charge in [0.05, 0.1) is 28.7 Å². The predicted octanol–water partition coefficient (Wildman–Crippen LogP) is 2.09. The second-order valence-electron chi connectivity index (χ2n) is 13.5. The van der Waals surface area contributed by atoms with E-state index in [4.69, 9.17) is 9.73 Å². The van der Waals surface area contributed by atoms with Gasteiger partial charge < -0.3 is 14.9 Å². The molecule has 212 valence electrons. The van der Waals surface area contributed by atoms with E-state index >= 15 is 0 Å². The highest BCUT2D eigenvalue weighted by Gasteiger charge is 2.75. The highest BCUT2D eigenvalue weighted by atomic mass is 16.5. The number of nitrogens with one attached hydrogen (secondary N) is 1. The number of nitrogens with zero attached hydrogens (tertiary/aromatic N) is 3. The molecule has 0 amide bonds. The summed E-state index contributed by atoms with van der Waals surface area (Å²) in [6.07, 6.45) is 2.85. The van der Waals surface area contributed by atoms with Gasteiger partial charge in [0.25, 0.3) is 0 Å². The van der Waals surface area contributed by atoms with E-state index in [1.165, 1.54) is 17.8 Å². The van der Waals surface area contributed by atoms with Gasteiger partial charge in [0.1, 0.15) is 11.6 Å². The molecule has 2 aromatic rings. The second kappa shape index (κ2) is 7.60. The summed E-state index contributed by atoms with van der Waals surface area (Å²) in [7, 11) is 1.46. The van der Waals surface area contributed by atoms with Gasteiger partial charge in [-0.25, -0.2) is 23.9 Å². The van der Waals surface area contributed by atoms with Gasteiger partial charge in [-0.1, -0.05) is 32.0 Å². The van der Waals surface area contributed by atoms with Crippen molar-refractivity contribution in [2.24, 2.45) is 28.8 Å². The summed E-state index contributed by atoms with van der Waals surface area (Å²) in [5, 5.41) is 26.1. The van der Waals surface area contributed by atoms with E-state index < -0.39 is 51.2 Å². The number of hydrogen-bond donors (Lipinski definition) is 3. The molecule has 1 aromatic carbocycles. The van der Waals surface area contributed by atoms with Crippen molar-refractivity contribution in [1.82, 2.24) is 14.3 Å². The molecule has 40 heavy (non-hydrogen) atoms. The average molecular weight is 549 g/mol. The zero-order chi connectivity index (χ0) is 28.6. The maximum atomic E-state index is 13.5. The van der Waals surface area contributed by atoms with E-state index in [9.17, 15) is 24.6 Å². The van der Waals surface area contributed by atoms with E-state index in [0.29, 0.717) is 37.7 Å². The molecular weight excluding hydrogens is 512 g/mol. The van der Waals surface area contributed by atoms with Crippen LogP contribution in [0.4, 0.5) is 5.69 Å². The van der Waals surface area contributed by atoms with E-state index in [-0.39, 0.29) is 11.7 Å². The summed E-state index contributed by atoms with van der Waals surface area (Å²) in [5.74, 6) is -0.287. The van der Waals surface area contributed by atoms with Gasteiger partial charge in [0.15, 0.2) is 5.78 Å². The first-order valence-corrected chi connectivity index (χ1v) is 14.1. The van der Waals surface area contributed by atoms with Gasteiger partial charge >= 0.3 is 11.4 Å². The monoisotopic (exact) mass is 548 g/mol. The highest BCUT2D eigenvalue weighted by molar-refractivity contribution is 6.08. The van der Waals surface area contributed by atoms with Crippen LogP contribution < -0.4 is 11.4 Å². The molecule has 10 heteroatoms. The molecule has 5 aliphatic rings. The van der Waals surface area contributed by atoms with Gasteiger partial charge in [-0.2, -0.15) is 0 Å². The number of aromatic amines is 1. The van der Waals surface area contributed by atoms with Crippen LogP contribution in [0.15, 0.2) is 50.5 Å². The van der Waals surface area contributed by atoms with Crippen LogP contribution in [0.3, 0.4) is 0 Å². The first-order valence-electron chi connectivity index (χ1n) is 14.1. The molecule has 10 nitrogen and oxygen atoms in total. The Labute approximate surface area is 231 Å². The van der Waals surface area contributed by atoms with Crippen molar-refractivity contribution in [2.75, 3.05) is 0 Å². The Hall–Kier alpha value is -3.08. The van der Waals surface area contributed by atoms with Gasteiger partial charge in [-0.15, -0.1) is 0 Å². The molecule has 3 saturated carbocycles. The van der Waals surface area contributed by atoms with Crippen molar-refractivity contribution >= 4 is 17.2 Å². The molecule has 3 aliphatic carbocycles. The molecule has 0 bridgehead atoms. The molecule has 3 N–H and O–H groups in total. The van der Waals surface area contributed by atoms with Crippen molar-refractivity contribution in [3.8, 4) is 0 Å². The molecule has 1 aromatic heterocycles. The number of benzene rings is 1. The van der Waals surface area contributed by atoms with E-state index in [0.717, 1.165) is 21.5 Å². The fourth-order valence-electron chi connectivity index (χ4n) is 9.09. The number of aliphatic hydroxyl groups is 2. The number of hydrogen-bond acceptors (Lipinski definition) is 7. The first kappa shape index (κ1) is 25.9. The molecule has 2 aliphatic heterocycles. The summed E-state index contributed by atoms with van der Waals surface area (Å²) >= 11 is 0. The Morgan fingerprint density at radius 1 is 1.12 bits per heavy atom. The third kappa shape index (κ3) is 2.75. The van der Waals surface area contributed by atoms with Crippen molar-refractivity contribution in [1.29, 1.82) is 0 Å². The quantitative estimate of drug-likeness (QED) is 0.525.